The molecule has 0 aliphatic carbocycles. The topological polar surface area (TPSA) is 46.3 Å². The molecular formula is C14H17N2OP. The number of benzene rings is 2. The summed E-state index contributed by atoms with van der Waals surface area (Å²) < 4.78 is 14.8. The molecule has 0 aromatic heterocycles. The van der Waals surface area contributed by atoms with E-state index in [2.05, 4.69) is 0 Å². The maximum Gasteiger partial charge on any atom is 0.219 e. The van der Waals surface area contributed by atoms with Gasteiger partial charge in [0.05, 0.1) is 0 Å². The van der Waals surface area contributed by atoms with Gasteiger partial charge in [-0.25, -0.2) is 0 Å². The number of hydrogen-bond acceptors (Lipinski definition) is 2. The van der Waals surface area contributed by atoms with Gasteiger partial charge in [-0.2, -0.15) is 4.78 Å². The summed E-state index contributed by atoms with van der Waals surface area (Å²) in [4.78, 5) is 0. The molecule has 0 heterocycles. The van der Waals surface area contributed by atoms with E-state index in [9.17, 15) is 4.57 Å². The smallest absolute Gasteiger partial charge is 0.219 e. The molecule has 0 saturated heterocycles. The molecule has 0 aliphatic heterocycles. The van der Waals surface area contributed by atoms with Crippen molar-refractivity contribution in [1.29, 1.82) is 0 Å². The number of hydrogen-bond donors (Lipinski definition) is 1. The average Bonchev–Trinajstić information content (AvgIpc) is 2.47. The normalized spacial score (nSPS) is 11.7. The van der Waals surface area contributed by atoms with E-state index >= 15 is 0 Å². The summed E-state index contributed by atoms with van der Waals surface area (Å²) >= 11 is 0. The lowest BCUT2D eigenvalue weighted by Crippen LogP contribution is -2.36. The highest BCUT2D eigenvalue weighted by Crippen LogP contribution is 2.44. The number of nitrogens with two attached hydrogens (primary N) is 1. The lowest BCUT2D eigenvalue weighted by Gasteiger charge is -2.27. The standard InChI is InChI=1S/C14H17N2OP/c1-2-16(15)18(17,13-9-5-3-6-10-13)14-11-7-4-8-12-14/h3-12H,2,15H2,1H3. The van der Waals surface area contributed by atoms with Gasteiger partial charge in [0, 0.05) is 17.2 Å². The third-order valence-electron chi connectivity index (χ3n) is 2.90. The van der Waals surface area contributed by atoms with Crippen molar-refractivity contribution in [3.8, 4) is 0 Å². The number of nitrogens with zero attached hydrogens (tertiary/aromatic N) is 1. The maximum absolute atomic E-state index is 13.3. The van der Waals surface area contributed by atoms with Crippen LogP contribution in [-0.2, 0) is 4.57 Å². The minimum absolute atomic E-state index is 0.529. The van der Waals surface area contributed by atoms with Crippen LogP contribution >= 0.6 is 7.29 Å². The molecule has 4 heteroatoms. The highest BCUT2D eigenvalue weighted by atomic mass is 31.2. The summed E-state index contributed by atoms with van der Waals surface area (Å²) in [6, 6.07) is 18.8. The molecule has 2 aromatic rings. The van der Waals surface area contributed by atoms with Gasteiger partial charge >= 0.3 is 0 Å². The molecule has 2 aromatic carbocycles. The average molecular weight is 260 g/mol. The van der Waals surface area contributed by atoms with Crippen LogP contribution in [0.5, 0.6) is 0 Å². The molecule has 0 unspecified atom stereocenters. The minimum Gasteiger partial charge on any atom is -0.295 e. The molecular weight excluding hydrogens is 243 g/mol. The van der Waals surface area contributed by atoms with Gasteiger partial charge in [-0.3, -0.25) is 10.4 Å². The summed E-state index contributed by atoms with van der Waals surface area (Å²) in [5.41, 5.74) is 0. The van der Waals surface area contributed by atoms with Gasteiger partial charge in [0.15, 0.2) is 0 Å². The first-order valence-corrected chi connectivity index (χ1v) is 7.59. The minimum atomic E-state index is -2.90. The van der Waals surface area contributed by atoms with Gasteiger partial charge in [0.25, 0.3) is 0 Å². The maximum atomic E-state index is 13.3. The molecule has 0 aliphatic rings. The highest BCUT2D eigenvalue weighted by Gasteiger charge is 2.31. The number of hydrazine groups is 1. The van der Waals surface area contributed by atoms with Crippen LogP contribution in [0.15, 0.2) is 60.7 Å². The Bertz CT molecular complexity index is 499. The first-order chi connectivity index (χ1) is 8.69. The van der Waals surface area contributed by atoms with Gasteiger partial charge in [-0.15, -0.1) is 0 Å². The molecule has 0 spiro atoms. The van der Waals surface area contributed by atoms with E-state index in [1.165, 1.54) is 4.78 Å². The predicted octanol–water partition coefficient (Wildman–Crippen LogP) is 2.11. The Morgan fingerprint density at radius 3 is 1.67 bits per heavy atom. The van der Waals surface area contributed by atoms with Crippen LogP contribution in [0.4, 0.5) is 0 Å². The van der Waals surface area contributed by atoms with E-state index in [1.807, 2.05) is 67.6 Å². The molecule has 3 nitrogen and oxygen atoms in total. The van der Waals surface area contributed by atoms with Crippen molar-refractivity contribution < 1.29 is 4.57 Å². The first-order valence-electron chi connectivity index (χ1n) is 5.93. The van der Waals surface area contributed by atoms with Crippen molar-refractivity contribution in [2.45, 2.75) is 6.92 Å². The van der Waals surface area contributed by atoms with Crippen molar-refractivity contribution in [3.63, 3.8) is 0 Å². The van der Waals surface area contributed by atoms with E-state index in [1.54, 1.807) is 0 Å². The van der Waals surface area contributed by atoms with E-state index in [-0.39, 0.29) is 0 Å². The lowest BCUT2D eigenvalue weighted by atomic mass is 10.4. The summed E-state index contributed by atoms with van der Waals surface area (Å²) in [5.74, 6) is 5.99. The van der Waals surface area contributed by atoms with Crippen LogP contribution in [0.3, 0.4) is 0 Å². The SMILES string of the molecule is CCN(N)P(=O)(c1ccccc1)c1ccccc1. The summed E-state index contributed by atoms with van der Waals surface area (Å²) in [7, 11) is -2.90. The van der Waals surface area contributed by atoms with E-state index in [0.717, 1.165) is 10.6 Å². The van der Waals surface area contributed by atoms with E-state index < -0.39 is 7.29 Å². The Morgan fingerprint density at radius 2 is 1.33 bits per heavy atom. The Hall–Kier alpha value is -1.41. The molecule has 0 amide bonds. The van der Waals surface area contributed by atoms with Crippen molar-refractivity contribution in [1.82, 2.24) is 4.78 Å². The Morgan fingerprint density at radius 1 is 0.944 bits per heavy atom. The van der Waals surface area contributed by atoms with Gasteiger partial charge in [0.2, 0.25) is 7.29 Å². The fourth-order valence-electron chi connectivity index (χ4n) is 1.90. The summed E-state index contributed by atoms with van der Waals surface area (Å²) in [6.07, 6.45) is 0. The van der Waals surface area contributed by atoms with Crippen LogP contribution < -0.4 is 16.5 Å². The van der Waals surface area contributed by atoms with Crippen molar-refractivity contribution in [2.75, 3.05) is 6.54 Å². The molecule has 2 rings (SSSR count). The third-order valence-corrected chi connectivity index (χ3v) is 5.90. The Labute approximate surface area is 108 Å². The van der Waals surface area contributed by atoms with Gasteiger partial charge in [-0.05, 0) is 24.3 Å². The third kappa shape index (κ3) is 2.25. The predicted molar refractivity (Wildman–Crippen MR) is 76.3 cm³/mol. The molecule has 0 saturated carbocycles. The molecule has 0 fully saturated rings. The van der Waals surface area contributed by atoms with Gasteiger partial charge in [-0.1, -0.05) is 43.3 Å². The molecule has 2 N–H and O–H groups in total. The Balaban J connectivity index is 2.59. The van der Waals surface area contributed by atoms with Crippen molar-refractivity contribution in [2.24, 2.45) is 5.84 Å². The fraction of sp³-hybridized carbons (Fsp3) is 0.143. The van der Waals surface area contributed by atoms with Crippen molar-refractivity contribution in [3.05, 3.63) is 60.7 Å². The van der Waals surface area contributed by atoms with Crippen LogP contribution in [0.1, 0.15) is 6.92 Å². The molecule has 0 bridgehead atoms. The molecule has 18 heavy (non-hydrogen) atoms. The van der Waals surface area contributed by atoms with Crippen LogP contribution in [0, 0.1) is 0 Å². The molecule has 0 atom stereocenters. The monoisotopic (exact) mass is 260 g/mol. The van der Waals surface area contributed by atoms with Crippen LogP contribution in [-0.4, -0.2) is 11.3 Å². The largest absolute Gasteiger partial charge is 0.295 e. The van der Waals surface area contributed by atoms with E-state index in [0.29, 0.717) is 6.54 Å². The zero-order valence-electron chi connectivity index (χ0n) is 10.4. The highest BCUT2D eigenvalue weighted by molar-refractivity contribution is 7.76. The second kappa shape index (κ2) is 5.49. The number of rotatable bonds is 4. The zero-order valence-corrected chi connectivity index (χ0v) is 11.3. The second-order valence-corrected chi connectivity index (χ2v) is 6.70. The van der Waals surface area contributed by atoms with Gasteiger partial charge < -0.3 is 0 Å². The van der Waals surface area contributed by atoms with Crippen molar-refractivity contribution >= 4 is 17.9 Å². The second-order valence-electron chi connectivity index (χ2n) is 4.00. The first kappa shape index (κ1) is 13.0. The fourth-order valence-corrected chi connectivity index (χ4v) is 4.35. The molecule has 0 radical (unpaired) electrons. The summed E-state index contributed by atoms with van der Waals surface area (Å²) in [5, 5.41) is 1.53. The van der Waals surface area contributed by atoms with Gasteiger partial charge in [0.1, 0.15) is 0 Å². The van der Waals surface area contributed by atoms with E-state index in [4.69, 9.17) is 5.84 Å². The Kier molecular flexibility index (Phi) is 3.97. The zero-order chi connectivity index (χ0) is 13.0. The lowest BCUT2D eigenvalue weighted by molar-refractivity contribution is 0.458. The van der Waals surface area contributed by atoms with Crippen LogP contribution in [0.2, 0.25) is 0 Å². The quantitative estimate of drug-likeness (QED) is 0.520. The van der Waals surface area contributed by atoms with Crippen LogP contribution in [0.25, 0.3) is 0 Å². The summed E-state index contributed by atoms with van der Waals surface area (Å²) in [6.45, 7) is 2.43. The molecule has 94 valence electrons.